The highest BCUT2D eigenvalue weighted by Gasteiger charge is 2.21. The van der Waals surface area contributed by atoms with Gasteiger partial charge < -0.3 is 0 Å². The third kappa shape index (κ3) is 2.24. The van der Waals surface area contributed by atoms with Crippen molar-refractivity contribution in [1.29, 1.82) is 0 Å². The van der Waals surface area contributed by atoms with Gasteiger partial charge in [0.05, 0.1) is 11.4 Å². The minimum atomic E-state index is 0.982. The Morgan fingerprint density at radius 2 is 1.90 bits per heavy atom. The van der Waals surface area contributed by atoms with Gasteiger partial charge in [0, 0.05) is 31.7 Å². The Balaban J connectivity index is 1.66. The summed E-state index contributed by atoms with van der Waals surface area (Å²) in [6.07, 6.45) is 1.04. The molecule has 0 aliphatic carbocycles. The zero-order valence-electron chi connectivity index (χ0n) is 12.3. The summed E-state index contributed by atoms with van der Waals surface area (Å²) in [6, 6.07) is 17.1. The van der Waals surface area contributed by atoms with Gasteiger partial charge in [0.2, 0.25) is 0 Å². The fraction of sp³-hybridized carbons (Fsp3) is 0.278. The highest BCUT2D eigenvalue weighted by molar-refractivity contribution is 5.45. The molecule has 0 saturated carbocycles. The SMILES string of the molecule is Cc1cccc2nc3c(n12)CN(Cc1ccccc1)CC3. The highest BCUT2D eigenvalue weighted by Crippen LogP contribution is 2.23. The van der Waals surface area contributed by atoms with Gasteiger partial charge in [-0.2, -0.15) is 0 Å². The van der Waals surface area contributed by atoms with E-state index in [2.05, 4.69) is 64.8 Å². The molecule has 3 heterocycles. The second kappa shape index (κ2) is 5.01. The van der Waals surface area contributed by atoms with Crippen molar-refractivity contribution in [2.75, 3.05) is 6.54 Å². The molecule has 1 aliphatic rings. The molecule has 0 bridgehead atoms. The van der Waals surface area contributed by atoms with E-state index in [1.54, 1.807) is 0 Å². The second-order valence-electron chi connectivity index (χ2n) is 5.81. The molecule has 0 radical (unpaired) electrons. The number of hydrogen-bond acceptors (Lipinski definition) is 2. The standard InChI is InChI=1S/C18H19N3/c1-14-6-5-9-18-19-16-10-11-20(13-17(16)21(14)18)12-15-7-3-2-4-8-15/h2-9H,10-13H2,1H3. The summed E-state index contributed by atoms with van der Waals surface area (Å²) in [6.45, 7) is 5.24. The van der Waals surface area contributed by atoms with E-state index in [-0.39, 0.29) is 0 Å². The molecule has 2 aromatic heterocycles. The summed E-state index contributed by atoms with van der Waals surface area (Å²) in [4.78, 5) is 7.30. The molecule has 1 aliphatic heterocycles. The van der Waals surface area contributed by atoms with Crippen LogP contribution in [0.4, 0.5) is 0 Å². The zero-order chi connectivity index (χ0) is 14.2. The topological polar surface area (TPSA) is 20.5 Å². The van der Waals surface area contributed by atoms with Gasteiger partial charge in [-0.1, -0.05) is 36.4 Å². The summed E-state index contributed by atoms with van der Waals surface area (Å²) >= 11 is 0. The van der Waals surface area contributed by atoms with Crippen LogP contribution in [0.5, 0.6) is 0 Å². The van der Waals surface area contributed by atoms with Crippen LogP contribution in [0, 0.1) is 6.92 Å². The Kier molecular flexibility index (Phi) is 3.00. The van der Waals surface area contributed by atoms with E-state index in [0.29, 0.717) is 0 Å². The molecule has 1 aromatic carbocycles. The summed E-state index contributed by atoms with van der Waals surface area (Å²) in [5.41, 5.74) is 6.37. The van der Waals surface area contributed by atoms with Crippen molar-refractivity contribution < 1.29 is 0 Å². The first kappa shape index (κ1) is 12.6. The molecule has 4 rings (SSSR count). The van der Waals surface area contributed by atoms with Gasteiger partial charge in [-0.3, -0.25) is 9.30 Å². The fourth-order valence-electron chi connectivity index (χ4n) is 3.27. The minimum Gasteiger partial charge on any atom is -0.300 e. The summed E-state index contributed by atoms with van der Waals surface area (Å²) < 4.78 is 2.31. The average Bonchev–Trinajstić information content (AvgIpc) is 2.87. The van der Waals surface area contributed by atoms with Gasteiger partial charge in [0.15, 0.2) is 0 Å². The Morgan fingerprint density at radius 1 is 1.05 bits per heavy atom. The zero-order valence-corrected chi connectivity index (χ0v) is 12.3. The highest BCUT2D eigenvalue weighted by atomic mass is 15.2. The number of benzene rings is 1. The molecular formula is C18H19N3. The molecule has 21 heavy (non-hydrogen) atoms. The maximum absolute atomic E-state index is 4.79. The summed E-state index contributed by atoms with van der Waals surface area (Å²) in [5.74, 6) is 0. The first-order chi connectivity index (χ1) is 10.3. The largest absolute Gasteiger partial charge is 0.300 e. The van der Waals surface area contributed by atoms with E-state index in [9.17, 15) is 0 Å². The maximum atomic E-state index is 4.79. The molecule has 0 atom stereocenters. The molecule has 0 fully saturated rings. The molecule has 106 valence electrons. The number of hydrogen-bond donors (Lipinski definition) is 0. The van der Waals surface area contributed by atoms with Crippen LogP contribution in [0.25, 0.3) is 5.65 Å². The van der Waals surface area contributed by atoms with Gasteiger partial charge in [0.1, 0.15) is 5.65 Å². The lowest BCUT2D eigenvalue weighted by Crippen LogP contribution is -2.30. The normalized spacial score (nSPS) is 15.3. The van der Waals surface area contributed by atoms with Gasteiger partial charge in [0.25, 0.3) is 0 Å². The number of aromatic nitrogens is 2. The number of aryl methyl sites for hydroxylation is 1. The Hall–Kier alpha value is -2.13. The van der Waals surface area contributed by atoms with Crippen molar-refractivity contribution in [3.8, 4) is 0 Å². The third-order valence-electron chi connectivity index (χ3n) is 4.30. The smallest absolute Gasteiger partial charge is 0.137 e. The number of fused-ring (bicyclic) bond motifs is 3. The van der Waals surface area contributed by atoms with Crippen molar-refractivity contribution >= 4 is 5.65 Å². The Bertz CT molecular complexity index is 774. The van der Waals surface area contributed by atoms with Crippen molar-refractivity contribution in [1.82, 2.24) is 14.3 Å². The van der Waals surface area contributed by atoms with Crippen molar-refractivity contribution in [3.05, 3.63) is 71.2 Å². The van der Waals surface area contributed by atoms with Crippen molar-refractivity contribution in [2.45, 2.75) is 26.4 Å². The molecular weight excluding hydrogens is 258 g/mol. The second-order valence-corrected chi connectivity index (χ2v) is 5.81. The van der Waals surface area contributed by atoms with E-state index in [1.807, 2.05) is 0 Å². The molecule has 0 unspecified atom stereocenters. The van der Waals surface area contributed by atoms with E-state index in [1.165, 1.54) is 22.6 Å². The quantitative estimate of drug-likeness (QED) is 0.717. The molecule has 3 aromatic rings. The van der Waals surface area contributed by atoms with Crippen LogP contribution in [0.2, 0.25) is 0 Å². The van der Waals surface area contributed by atoms with Gasteiger partial charge in [-0.05, 0) is 24.6 Å². The lowest BCUT2D eigenvalue weighted by atomic mass is 10.1. The predicted octanol–water partition coefficient (Wildman–Crippen LogP) is 3.20. The molecule has 3 heteroatoms. The maximum Gasteiger partial charge on any atom is 0.137 e. The number of nitrogens with zero attached hydrogens (tertiary/aromatic N) is 3. The first-order valence-corrected chi connectivity index (χ1v) is 7.53. The predicted molar refractivity (Wildman–Crippen MR) is 84.2 cm³/mol. The Labute approximate surface area is 124 Å². The number of pyridine rings is 1. The van der Waals surface area contributed by atoms with Crippen LogP contribution in [0.3, 0.4) is 0 Å². The van der Waals surface area contributed by atoms with Gasteiger partial charge in [-0.25, -0.2) is 4.98 Å². The number of rotatable bonds is 2. The number of imidazole rings is 1. The van der Waals surface area contributed by atoms with Crippen LogP contribution in [0.1, 0.15) is 22.6 Å². The van der Waals surface area contributed by atoms with Gasteiger partial charge >= 0.3 is 0 Å². The molecule has 0 saturated heterocycles. The van der Waals surface area contributed by atoms with Crippen molar-refractivity contribution in [3.63, 3.8) is 0 Å². The molecule has 3 nitrogen and oxygen atoms in total. The van der Waals surface area contributed by atoms with Gasteiger partial charge in [-0.15, -0.1) is 0 Å². The average molecular weight is 277 g/mol. The minimum absolute atomic E-state index is 0.982. The summed E-state index contributed by atoms with van der Waals surface area (Å²) in [5, 5.41) is 0. The Morgan fingerprint density at radius 3 is 2.76 bits per heavy atom. The van der Waals surface area contributed by atoms with Crippen molar-refractivity contribution in [2.24, 2.45) is 0 Å². The van der Waals surface area contributed by atoms with E-state index < -0.39 is 0 Å². The van der Waals surface area contributed by atoms with Crippen LogP contribution in [-0.2, 0) is 19.5 Å². The lowest BCUT2D eigenvalue weighted by Gasteiger charge is -2.26. The molecule has 0 amide bonds. The van der Waals surface area contributed by atoms with Crippen LogP contribution in [0.15, 0.2) is 48.5 Å². The third-order valence-corrected chi connectivity index (χ3v) is 4.30. The monoisotopic (exact) mass is 277 g/mol. The lowest BCUT2D eigenvalue weighted by molar-refractivity contribution is 0.240. The van der Waals surface area contributed by atoms with E-state index >= 15 is 0 Å². The van der Waals surface area contributed by atoms with E-state index in [4.69, 9.17) is 4.98 Å². The molecule has 0 spiro atoms. The fourth-order valence-corrected chi connectivity index (χ4v) is 3.27. The van der Waals surface area contributed by atoms with Crippen LogP contribution >= 0.6 is 0 Å². The van der Waals surface area contributed by atoms with Crippen LogP contribution in [-0.4, -0.2) is 20.8 Å². The molecule has 0 N–H and O–H groups in total. The van der Waals surface area contributed by atoms with Crippen LogP contribution < -0.4 is 0 Å². The summed E-state index contributed by atoms with van der Waals surface area (Å²) in [7, 11) is 0. The first-order valence-electron chi connectivity index (χ1n) is 7.53. The van der Waals surface area contributed by atoms with E-state index in [0.717, 1.165) is 31.7 Å².